The number of nitrogens with zero attached hydrogens (tertiary/aromatic N) is 2. The van der Waals surface area contributed by atoms with Gasteiger partial charge in [-0.3, -0.25) is 9.69 Å². The minimum atomic E-state index is -0.359. The Morgan fingerprint density at radius 3 is 2.38 bits per heavy atom. The van der Waals surface area contributed by atoms with E-state index in [0.717, 1.165) is 56.0 Å². The van der Waals surface area contributed by atoms with Crippen molar-refractivity contribution in [1.29, 1.82) is 0 Å². The van der Waals surface area contributed by atoms with Crippen molar-refractivity contribution in [2.45, 2.75) is 26.3 Å². The van der Waals surface area contributed by atoms with Gasteiger partial charge < -0.3 is 24.8 Å². The second-order valence-electron chi connectivity index (χ2n) is 9.66. The summed E-state index contributed by atoms with van der Waals surface area (Å²) in [5, 5.41) is 28.3. The summed E-state index contributed by atoms with van der Waals surface area (Å²) in [6, 6.07) is 21.0. The van der Waals surface area contributed by atoms with Crippen molar-refractivity contribution >= 4 is 18.3 Å². The number of benzene rings is 3. The molecular formula is C31H34ClN3O5. The number of phenols is 2. The molecule has 1 amide bonds. The zero-order valence-corrected chi connectivity index (χ0v) is 23.2. The van der Waals surface area contributed by atoms with Gasteiger partial charge >= 0.3 is 0 Å². The number of carbonyl (C=O) groups is 1. The number of phenolic OH excluding ortho intramolecular Hbond substituents is 2. The summed E-state index contributed by atoms with van der Waals surface area (Å²) in [5.41, 5.74) is 4.70. The minimum absolute atomic E-state index is 0. The predicted molar refractivity (Wildman–Crippen MR) is 156 cm³/mol. The maximum atomic E-state index is 12.9. The molecule has 1 saturated heterocycles. The maximum absolute atomic E-state index is 12.9. The SMILES string of the molecule is CCNC(=O)c1noc(-c2cc(CCc3ccccc3)c(O)cc2O)c1-c1ccc(CN2CCOCC2)cc1.Cl. The van der Waals surface area contributed by atoms with E-state index >= 15 is 0 Å². The molecule has 9 heteroatoms. The van der Waals surface area contributed by atoms with Crippen LogP contribution in [-0.4, -0.2) is 59.0 Å². The smallest absolute Gasteiger partial charge is 0.274 e. The molecule has 1 aliphatic rings. The Hall–Kier alpha value is -3.85. The Balaban J connectivity index is 0.00000370. The highest BCUT2D eigenvalue weighted by Crippen LogP contribution is 2.42. The molecule has 0 aliphatic carbocycles. The number of hydrogen-bond acceptors (Lipinski definition) is 7. The van der Waals surface area contributed by atoms with Gasteiger partial charge in [0.05, 0.1) is 24.3 Å². The highest BCUT2D eigenvalue weighted by atomic mass is 35.5. The molecule has 8 nitrogen and oxygen atoms in total. The summed E-state index contributed by atoms with van der Waals surface area (Å²) in [6.45, 7) is 6.35. The first-order valence-corrected chi connectivity index (χ1v) is 13.3. The number of carbonyl (C=O) groups excluding carboxylic acids is 1. The molecule has 210 valence electrons. The molecule has 3 aromatic carbocycles. The van der Waals surface area contributed by atoms with Gasteiger partial charge in [0.15, 0.2) is 11.5 Å². The molecule has 1 fully saturated rings. The van der Waals surface area contributed by atoms with Gasteiger partial charge in [-0.1, -0.05) is 59.8 Å². The predicted octanol–water partition coefficient (Wildman–Crippen LogP) is 5.21. The van der Waals surface area contributed by atoms with E-state index in [9.17, 15) is 15.0 Å². The van der Waals surface area contributed by atoms with Crippen LogP contribution in [0.5, 0.6) is 11.5 Å². The third-order valence-corrected chi connectivity index (χ3v) is 6.96. The lowest BCUT2D eigenvalue weighted by Gasteiger charge is -2.26. The van der Waals surface area contributed by atoms with Crippen LogP contribution in [0.4, 0.5) is 0 Å². The number of nitrogens with one attached hydrogen (secondary N) is 1. The van der Waals surface area contributed by atoms with Crippen LogP contribution < -0.4 is 5.32 Å². The molecule has 0 atom stereocenters. The monoisotopic (exact) mass is 563 g/mol. The Morgan fingerprint density at radius 1 is 0.950 bits per heavy atom. The fourth-order valence-corrected chi connectivity index (χ4v) is 4.86. The molecule has 4 aromatic rings. The third-order valence-electron chi connectivity index (χ3n) is 6.96. The Morgan fingerprint density at radius 2 is 1.68 bits per heavy atom. The van der Waals surface area contributed by atoms with Crippen molar-refractivity contribution < 1.29 is 24.3 Å². The van der Waals surface area contributed by atoms with Crippen LogP contribution >= 0.6 is 12.4 Å². The van der Waals surface area contributed by atoms with E-state index in [1.54, 1.807) is 6.07 Å². The quantitative estimate of drug-likeness (QED) is 0.256. The van der Waals surface area contributed by atoms with Crippen LogP contribution in [-0.2, 0) is 24.1 Å². The standard InChI is InChI=1S/C31H33N3O5.ClH/c1-2-32-31(37)29-28(23-11-9-22(10-12-23)20-34-14-16-38-17-15-34)30(39-33-29)25-18-24(26(35)19-27(25)36)13-8-21-6-4-3-5-7-21;/h3-7,9-12,18-19,35-36H,2,8,13-17,20H2,1H3,(H,32,37);1H. The number of amides is 1. The molecular weight excluding hydrogens is 530 g/mol. The highest BCUT2D eigenvalue weighted by molar-refractivity contribution is 6.02. The third kappa shape index (κ3) is 6.65. The number of aromatic hydroxyl groups is 2. The van der Waals surface area contributed by atoms with Crippen LogP contribution in [0.3, 0.4) is 0 Å². The average Bonchev–Trinajstić information content (AvgIpc) is 3.39. The van der Waals surface area contributed by atoms with Gasteiger partial charge in [-0.25, -0.2) is 0 Å². The van der Waals surface area contributed by atoms with Crippen LogP contribution in [0.1, 0.15) is 34.1 Å². The van der Waals surface area contributed by atoms with Gasteiger partial charge in [-0.2, -0.15) is 0 Å². The van der Waals surface area contributed by atoms with E-state index in [0.29, 0.717) is 29.7 Å². The fourth-order valence-electron chi connectivity index (χ4n) is 4.86. The van der Waals surface area contributed by atoms with E-state index in [1.807, 2.05) is 61.5 Å². The van der Waals surface area contributed by atoms with Crippen molar-refractivity contribution in [3.05, 3.63) is 89.1 Å². The van der Waals surface area contributed by atoms with E-state index in [2.05, 4.69) is 15.4 Å². The van der Waals surface area contributed by atoms with E-state index in [4.69, 9.17) is 9.26 Å². The Kier molecular flexibility index (Phi) is 9.82. The molecule has 0 radical (unpaired) electrons. The lowest BCUT2D eigenvalue weighted by atomic mass is 9.95. The maximum Gasteiger partial charge on any atom is 0.274 e. The molecule has 0 unspecified atom stereocenters. The van der Waals surface area contributed by atoms with E-state index in [1.165, 1.54) is 6.07 Å². The van der Waals surface area contributed by atoms with Crippen LogP contribution in [0.15, 0.2) is 71.3 Å². The normalized spacial score (nSPS) is 13.5. The summed E-state index contributed by atoms with van der Waals surface area (Å²) >= 11 is 0. The summed E-state index contributed by atoms with van der Waals surface area (Å²) < 4.78 is 11.2. The fraction of sp³-hybridized carbons (Fsp3) is 0.290. The first-order valence-electron chi connectivity index (χ1n) is 13.3. The summed E-state index contributed by atoms with van der Waals surface area (Å²) in [7, 11) is 0. The number of halogens is 1. The van der Waals surface area contributed by atoms with Gasteiger partial charge in [-0.15, -0.1) is 12.4 Å². The van der Waals surface area contributed by atoms with Gasteiger partial charge in [0.25, 0.3) is 5.91 Å². The van der Waals surface area contributed by atoms with Crippen molar-refractivity contribution in [2.75, 3.05) is 32.8 Å². The summed E-state index contributed by atoms with van der Waals surface area (Å²) in [6.07, 6.45) is 1.28. The number of aromatic nitrogens is 1. The van der Waals surface area contributed by atoms with Crippen LogP contribution in [0, 0.1) is 0 Å². The number of aryl methyl sites for hydroxylation is 2. The van der Waals surface area contributed by atoms with Gasteiger partial charge in [0.1, 0.15) is 11.5 Å². The molecule has 1 aromatic heterocycles. The number of ether oxygens (including phenoxy) is 1. The summed E-state index contributed by atoms with van der Waals surface area (Å²) in [4.78, 5) is 15.3. The van der Waals surface area contributed by atoms with Gasteiger partial charge in [0.2, 0.25) is 0 Å². The highest BCUT2D eigenvalue weighted by Gasteiger charge is 2.26. The zero-order chi connectivity index (χ0) is 27.2. The lowest BCUT2D eigenvalue weighted by Crippen LogP contribution is -2.35. The van der Waals surface area contributed by atoms with Gasteiger partial charge in [-0.05, 0) is 48.1 Å². The number of rotatable bonds is 9. The van der Waals surface area contributed by atoms with Gasteiger partial charge in [0, 0.05) is 32.2 Å². The average molecular weight is 564 g/mol. The largest absolute Gasteiger partial charge is 0.508 e. The summed E-state index contributed by atoms with van der Waals surface area (Å²) in [5.74, 6) is -0.234. The molecule has 0 bridgehead atoms. The second kappa shape index (κ2) is 13.5. The minimum Gasteiger partial charge on any atom is -0.508 e. The van der Waals surface area contributed by atoms with E-state index in [-0.39, 0.29) is 41.3 Å². The molecule has 1 aliphatic heterocycles. The van der Waals surface area contributed by atoms with Crippen molar-refractivity contribution in [1.82, 2.24) is 15.4 Å². The molecule has 5 rings (SSSR count). The first-order chi connectivity index (χ1) is 19.0. The molecule has 3 N–H and O–H groups in total. The molecule has 0 spiro atoms. The van der Waals surface area contributed by atoms with Crippen molar-refractivity contribution in [3.63, 3.8) is 0 Å². The first kappa shape index (κ1) is 29.1. The Bertz CT molecular complexity index is 1420. The zero-order valence-electron chi connectivity index (χ0n) is 22.4. The molecule has 0 saturated carbocycles. The number of hydrogen-bond donors (Lipinski definition) is 3. The Labute approximate surface area is 240 Å². The molecule has 2 heterocycles. The number of morpholine rings is 1. The second-order valence-corrected chi connectivity index (χ2v) is 9.66. The van der Waals surface area contributed by atoms with Crippen molar-refractivity contribution in [3.8, 4) is 33.9 Å². The van der Waals surface area contributed by atoms with E-state index < -0.39 is 0 Å². The molecule has 40 heavy (non-hydrogen) atoms. The van der Waals surface area contributed by atoms with Crippen LogP contribution in [0.2, 0.25) is 0 Å². The lowest BCUT2D eigenvalue weighted by molar-refractivity contribution is 0.0342. The van der Waals surface area contributed by atoms with Crippen LogP contribution in [0.25, 0.3) is 22.5 Å². The topological polar surface area (TPSA) is 108 Å². The van der Waals surface area contributed by atoms with Crippen molar-refractivity contribution in [2.24, 2.45) is 0 Å².